The van der Waals surface area contributed by atoms with E-state index >= 15 is 0 Å². The summed E-state index contributed by atoms with van der Waals surface area (Å²) in [7, 11) is 0. The van der Waals surface area contributed by atoms with E-state index < -0.39 is 4.92 Å². The Labute approximate surface area is 150 Å². The predicted molar refractivity (Wildman–Crippen MR) is 94.6 cm³/mol. The van der Waals surface area contributed by atoms with E-state index in [2.05, 4.69) is 5.16 Å². The number of carbonyl (C=O) groups is 1. The van der Waals surface area contributed by atoms with Crippen LogP contribution in [-0.2, 0) is 4.79 Å². The highest BCUT2D eigenvalue weighted by Gasteiger charge is 2.22. The fourth-order valence-corrected chi connectivity index (χ4v) is 2.76. The first-order valence-electron chi connectivity index (χ1n) is 8.34. The van der Waals surface area contributed by atoms with E-state index in [9.17, 15) is 14.9 Å². The third-order valence-electron chi connectivity index (χ3n) is 4.17. The summed E-state index contributed by atoms with van der Waals surface area (Å²) in [5, 5.41) is 14.6. The summed E-state index contributed by atoms with van der Waals surface area (Å²) >= 11 is 0. The number of aryl methyl sites for hydroxylation is 1. The minimum atomic E-state index is -0.514. The number of nitro groups is 1. The third-order valence-corrected chi connectivity index (χ3v) is 4.17. The predicted octanol–water partition coefficient (Wildman–Crippen LogP) is 3.06. The summed E-state index contributed by atoms with van der Waals surface area (Å²) in [6.45, 7) is 3.16. The zero-order valence-corrected chi connectivity index (χ0v) is 14.4. The molecule has 0 bridgehead atoms. The van der Waals surface area contributed by atoms with Crippen LogP contribution in [0.2, 0.25) is 0 Å². The molecule has 0 unspecified atom stereocenters. The van der Waals surface area contributed by atoms with Crippen LogP contribution < -0.4 is 4.74 Å². The fraction of sp³-hybridized carbons (Fsp3) is 0.333. The molecule has 1 amide bonds. The van der Waals surface area contributed by atoms with Gasteiger partial charge in [-0.05, 0) is 43.5 Å². The molecule has 0 N–H and O–H groups in total. The number of carbonyl (C=O) groups excluding carboxylic acids is 1. The van der Waals surface area contributed by atoms with Crippen molar-refractivity contribution in [3.8, 4) is 5.75 Å². The van der Waals surface area contributed by atoms with Crippen LogP contribution >= 0.6 is 0 Å². The van der Waals surface area contributed by atoms with Gasteiger partial charge in [-0.3, -0.25) is 14.9 Å². The molecule has 0 radical (unpaired) electrons. The summed E-state index contributed by atoms with van der Waals surface area (Å²) in [5.41, 5.74) is 0.911. The first kappa shape index (κ1) is 17.7. The van der Waals surface area contributed by atoms with Crippen LogP contribution in [0.3, 0.4) is 0 Å². The van der Waals surface area contributed by atoms with E-state index in [4.69, 9.17) is 9.26 Å². The standard InChI is InChI=1S/C18H19N3O5/c1-13-18(21(23)24)16(26-19-13)9-6-14-4-7-15(8-5-14)25-12-17(22)20-10-2-3-11-20/h4-9H,2-3,10-12H2,1H3/b9-6+. The van der Waals surface area contributed by atoms with Crippen molar-refractivity contribution >= 4 is 23.7 Å². The maximum absolute atomic E-state index is 12.0. The van der Waals surface area contributed by atoms with Gasteiger partial charge in [0.15, 0.2) is 12.3 Å². The average molecular weight is 357 g/mol. The highest BCUT2D eigenvalue weighted by molar-refractivity contribution is 5.78. The number of aromatic nitrogens is 1. The molecule has 8 heteroatoms. The minimum Gasteiger partial charge on any atom is -0.484 e. The van der Waals surface area contributed by atoms with Gasteiger partial charge in [0.1, 0.15) is 5.75 Å². The summed E-state index contributed by atoms with van der Waals surface area (Å²) in [6, 6.07) is 7.08. The van der Waals surface area contributed by atoms with E-state index in [1.54, 1.807) is 30.3 Å². The number of hydrogen-bond acceptors (Lipinski definition) is 6. The molecule has 1 saturated heterocycles. The van der Waals surface area contributed by atoms with Gasteiger partial charge >= 0.3 is 5.69 Å². The molecule has 1 aliphatic heterocycles. The molecule has 0 aliphatic carbocycles. The Balaban J connectivity index is 1.59. The van der Waals surface area contributed by atoms with Crippen molar-refractivity contribution < 1.29 is 19.0 Å². The molecule has 136 valence electrons. The molecule has 1 aromatic heterocycles. The normalized spacial score (nSPS) is 14.1. The highest BCUT2D eigenvalue weighted by Crippen LogP contribution is 2.25. The molecular weight excluding hydrogens is 338 g/mol. The quantitative estimate of drug-likeness (QED) is 0.582. The first-order valence-corrected chi connectivity index (χ1v) is 8.34. The van der Waals surface area contributed by atoms with E-state index in [1.807, 2.05) is 4.90 Å². The number of benzene rings is 1. The Hall–Kier alpha value is -3.16. The number of likely N-dealkylation sites (tertiary alicyclic amines) is 1. The molecule has 1 aromatic carbocycles. The van der Waals surface area contributed by atoms with Gasteiger partial charge in [0.05, 0.1) is 4.92 Å². The van der Waals surface area contributed by atoms with Crippen molar-refractivity contribution in [2.45, 2.75) is 19.8 Å². The topological polar surface area (TPSA) is 98.7 Å². The number of rotatable bonds is 6. The Morgan fingerprint density at radius 2 is 2.00 bits per heavy atom. The van der Waals surface area contributed by atoms with Crippen molar-refractivity contribution in [2.24, 2.45) is 0 Å². The van der Waals surface area contributed by atoms with Gasteiger partial charge in [-0.15, -0.1) is 0 Å². The monoisotopic (exact) mass is 357 g/mol. The molecule has 2 aromatic rings. The molecular formula is C18H19N3O5. The van der Waals surface area contributed by atoms with Crippen molar-refractivity contribution in [1.29, 1.82) is 0 Å². The Morgan fingerprint density at radius 1 is 1.31 bits per heavy atom. The molecule has 8 nitrogen and oxygen atoms in total. The van der Waals surface area contributed by atoms with Gasteiger partial charge in [-0.25, -0.2) is 0 Å². The van der Waals surface area contributed by atoms with E-state index in [0.717, 1.165) is 31.5 Å². The molecule has 0 saturated carbocycles. The SMILES string of the molecule is Cc1noc(/C=C/c2ccc(OCC(=O)N3CCCC3)cc2)c1[N+](=O)[O-]. The molecule has 0 spiro atoms. The Morgan fingerprint density at radius 3 is 2.65 bits per heavy atom. The van der Waals surface area contributed by atoms with Crippen LogP contribution in [0, 0.1) is 17.0 Å². The van der Waals surface area contributed by atoms with Crippen LogP contribution in [-0.4, -0.2) is 40.6 Å². The van der Waals surface area contributed by atoms with Gasteiger partial charge in [0.25, 0.3) is 5.91 Å². The van der Waals surface area contributed by atoms with Gasteiger partial charge in [0, 0.05) is 13.1 Å². The lowest BCUT2D eigenvalue weighted by atomic mass is 10.2. The van der Waals surface area contributed by atoms with Crippen molar-refractivity contribution in [1.82, 2.24) is 10.1 Å². The summed E-state index contributed by atoms with van der Waals surface area (Å²) in [5.74, 6) is 0.694. The first-order chi connectivity index (χ1) is 12.5. The lowest BCUT2D eigenvalue weighted by Gasteiger charge is -2.15. The molecule has 1 aliphatic rings. The van der Waals surface area contributed by atoms with Crippen LogP contribution in [0.5, 0.6) is 5.75 Å². The van der Waals surface area contributed by atoms with Crippen LogP contribution in [0.1, 0.15) is 29.9 Å². The average Bonchev–Trinajstić information content (AvgIpc) is 3.28. The van der Waals surface area contributed by atoms with Crippen molar-refractivity contribution in [2.75, 3.05) is 19.7 Å². The summed E-state index contributed by atoms with van der Waals surface area (Å²) in [6.07, 6.45) is 5.29. The van der Waals surface area contributed by atoms with Gasteiger partial charge < -0.3 is 14.2 Å². The highest BCUT2D eigenvalue weighted by atomic mass is 16.6. The molecule has 1 fully saturated rings. The third kappa shape index (κ3) is 4.08. The van der Waals surface area contributed by atoms with Crippen LogP contribution in [0.15, 0.2) is 28.8 Å². The number of amides is 1. The van der Waals surface area contributed by atoms with Gasteiger partial charge in [-0.1, -0.05) is 23.4 Å². The molecule has 26 heavy (non-hydrogen) atoms. The lowest BCUT2D eigenvalue weighted by Crippen LogP contribution is -2.32. The van der Waals surface area contributed by atoms with Crippen LogP contribution in [0.4, 0.5) is 5.69 Å². The van der Waals surface area contributed by atoms with Crippen LogP contribution in [0.25, 0.3) is 12.2 Å². The summed E-state index contributed by atoms with van der Waals surface area (Å²) in [4.78, 5) is 24.3. The maximum atomic E-state index is 12.0. The largest absolute Gasteiger partial charge is 0.484 e. The van der Waals surface area contributed by atoms with Gasteiger partial charge in [-0.2, -0.15) is 0 Å². The molecule has 0 atom stereocenters. The van der Waals surface area contributed by atoms with E-state index in [1.165, 1.54) is 13.0 Å². The van der Waals surface area contributed by atoms with E-state index in [0.29, 0.717) is 5.75 Å². The molecule has 3 rings (SSSR count). The number of nitrogens with zero attached hydrogens (tertiary/aromatic N) is 3. The summed E-state index contributed by atoms with van der Waals surface area (Å²) < 4.78 is 10.5. The zero-order valence-electron chi connectivity index (χ0n) is 14.4. The minimum absolute atomic E-state index is 0.000490. The van der Waals surface area contributed by atoms with E-state index in [-0.39, 0.29) is 29.7 Å². The smallest absolute Gasteiger partial charge is 0.338 e. The Kier molecular flexibility index (Phi) is 5.31. The van der Waals surface area contributed by atoms with Gasteiger partial charge in [0.2, 0.25) is 5.76 Å². The number of ether oxygens (including phenoxy) is 1. The Bertz CT molecular complexity index is 820. The maximum Gasteiger partial charge on any atom is 0.338 e. The van der Waals surface area contributed by atoms with Crippen molar-refractivity contribution in [3.63, 3.8) is 0 Å². The second kappa shape index (κ2) is 7.81. The molecule has 2 heterocycles. The second-order valence-electron chi connectivity index (χ2n) is 6.02. The second-order valence-corrected chi connectivity index (χ2v) is 6.02. The lowest BCUT2D eigenvalue weighted by molar-refractivity contribution is -0.386. The fourth-order valence-electron chi connectivity index (χ4n) is 2.76. The van der Waals surface area contributed by atoms with Crippen molar-refractivity contribution in [3.05, 3.63) is 51.4 Å². The zero-order chi connectivity index (χ0) is 18.5. The number of hydrogen-bond donors (Lipinski definition) is 0.